The van der Waals surface area contributed by atoms with E-state index in [2.05, 4.69) is 10.3 Å². The molecule has 9 heteroatoms. The molecule has 1 amide bonds. The summed E-state index contributed by atoms with van der Waals surface area (Å²) < 4.78 is 42.1. The van der Waals surface area contributed by atoms with E-state index in [1.807, 2.05) is 0 Å². The van der Waals surface area contributed by atoms with Crippen LogP contribution >= 0.6 is 0 Å². The molecule has 6 nitrogen and oxygen atoms in total. The molecule has 1 atom stereocenters. The van der Waals surface area contributed by atoms with E-state index in [0.717, 1.165) is 12.3 Å². The molecule has 0 radical (unpaired) electrons. The number of hydrogen-bond donors (Lipinski definition) is 2. The largest absolute Gasteiger partial charge is 0.479 e. The predicted molar refractivity (Wildman–Crippen MR) is 69.0 cm³/mol. The third-order valence-corrected chi connectivity index (χ3v) is 2.32. The molecule has 0 fully saturated rings. The second-order valence-electron chi connectivity index (χ2n) is 5.39. The molecule has 0 spiro atoms. The average molecular weight is 320 g/mol. The first kappa shape index (κ1) is 17.7. The minimum atomic E-state index is -4.63. The lowest BCUT2D eigenvalue weighted by Crippen LogP contribution is -2.38. The van der Waals surface area contributed by atoms with Crippen molar-refractivity contribution in [3.63, 3.8) is 0 Å². The Kier molecular flexibility index (Phi) is 5.00. The number of pyridine rings is 1. The number of carboxylic acid groups (broad SMARTS) is 1. The fraction of sp³-hybridized carbons (Fsp3) is 0.462. The third-order valence-electron chi connectivity index (χ3n) is 2.32. The van der Waals surface area contributed by atoms with Gasteiger partial charge >= 0.3 is 18.2 Å². The van der Waals surface area contributed by atoms with E-state index in [0.29, 0.717) is 6.07 Å². The minimum Gasteiger partial charge on any atom is -0.479 e. The predicted octanol–water partition coefficient (Wildman–Crippen LogP) is 2.75. The number of nitrogens with zero attached hydrogens (tertiary/aromatic N) is 1. The Morgan fingerprint density at radius 2 is 1.86 bits per heavy atom. The molecule has 0 saturated carbocycles. The number of nitrogens with one attached hydrogen (secondary N) is 1. The Morgan fingerprint density at radius 1 is 1.27 bits per heavy atom. The lowest BCUT2D eigenvalue weighted by Gasteiger charge is -2.22. The molecular weight excluding hydrogens is 305 g/mol. The molecule has 1 heterocycles. The zero-order valence-corrected chi connectivity index (χ0v) is 12.1. The van der Waals surface area contributed by atoms with Crippen molar-refractivity contribution >= 4 is 12.1 Å². The smallest absolute Gasteiger partial charge is 0.433 e. The molecule has 2 N–H and O–H groups in total. The van der Waals surface area contributed by atoms with Crippen molar-refractivity contribution in [1.82, 2.24) is 10.3 Å². The molecule has 0 bridgehead atoms. The van der Waals surface area contributed by atoms with Gasteiger partial charge in [0.05, 0.1) is 0 Å². The molecule has 1 aromatic heterocycles. The lowest BCUT2D eigenvalue weighted by molar-refractivity contribution is -0.141. The Bertz CT molecular complexity index is 550. The Balaban J connectivity index is 2.93. The quantitative estimate of drug-likeness (QED) is 0.894. The van der Waals surface area contributed by atoms with Crippen molar-refractivity contribution in [1.29, 1.82) is 0 Å². The van der Waals surface area contributed by atoms with Crippen molar-refractivity contribution in [2.45, 2.75) is 38.6 Å². The number of ether oxygens (including phenoxy) is 1. The summed E-state index contributed by atoms with van der Waals surface area (Å²) in [5, 5.41) is 11.1. The van der Waals surface area contributed by atoms with Crippen molar-refractivity contribution < 1.29 is 32.6 Å². The van der Waals surface area contributed by atoms with Crippen LogP contribution in [-0.4, -0.2) is 27.8 Å². The summed E-state index contributed by atoms with van der Waals surface area (Å²) >= 11 is 0. The molecule has 1 aromatic rings. The Labute approximate surface area is 124 Å². The maximum atomic E-state index is 12.4. The number of carbonyl (C=O) groups is 2. The van der Waals surface area contributed by atoms with Crippen molar-refractivity contribution in [3.8, 4) is 0 Å². The number of carbonyl (C=O) groups excluding carboxylic acids is 1. The Morgan fingerprint density at radius 3 is 2.23 bits per heavy atom. The number of halogens is 3. The van der Waals surface area contributed by atoms with Crippen molar-refractivity contribution in [2.24, 2.45) is 0 Å². The highest BCUT2D eigenvalue weighted by Gasteiger charge is 2.33. The zero-order valence-electron chi connectivity index (χ0n) is 12.1. The maximum absolute atomic E-state index is 12.4. The monoisotopic (exact) mass is 320 g/mol. The van der Waals surface area contributed by atoms with Gasteiger partial charge in [0.25, 0.3) is 0 Å². The first-order valence-electron chi connectivity index (χ1n) is 6.15. The van der Waals surface area contributed by atoms with Gasteiger partial charge in [0.2, 0.25) is 0 Å². The van der Waals surface area contributed by atoms with E-state index in [9.17, 15) is 22.8 Å². The molecule has 0 aromatic carbocycles. The van der Waals surface area contributed by atoms with Crippen LogP contribution in [0.25, 0.3) is 0 Å². The van der Waals surface area contributed by atoms with E-state index in [1.54, 1.807) is 20.8 Å². The molecule has 1 rings (SSSR count). The molecule has 122 valence electrons. The number of carboxylic acids is 1. The van der Waals surface area contributed by atoms with Crippen LogP contribution in [0.3, 0.4) is 0 Å². The maximum Gasteiger partial charge on any atom is 0.433 e. The third kappa shape index (κ3) is 5.23. The van der Waals surface area contributed by atoms with E-state index in [4.69, 9.17) is 9.84 Å². The molecule has 0 saturated heterocycles. The van der Waals surface area contributed by atoms with E-state index < -0.39 is 35.6 Å². The summed E-state index contributed by atoms with van der Waals surface area (Å²) in [7, 11) is 0. The van der Waals surface area contributed by atoms with Gasteiger partial charge in [-0.3, -0.25) is 4.98 Å². The number of aliphatic carboxylic acids is 1. The van der Waals surface area contributed by atoms with Crippen LogP contribution in [0.15, 0.2) is 18.3 Å². The molecule has 0 aliphatic heterocycles. The summed E-state index contributed by atoms with van der Waals surface area (Å²) in [5.41, 5.74) is -2.10. The topological polar surface area (TPSA) is 88.5 Å². The summed E-state index contributed by atoms with van der Waals surface area (Å²) in [6.07, 6.45) is -4.88. The van der Waals surface area contributed by atoms with Gasteiger partial charge in [0, 0.05) is 11.8 Å². The number of alkyl carbamates (subject to hydrolysis) is 1. The van der Waals surface area contributed by atoms with Crippen LogP contribution in [0.5, 0.6) is 0 Å². The summed E-state index contributed by atoms with van der Waals surface area (Å²) in [6, 6.07) is 0.0123. The summed E-state index contributed by atoms with van der Waals surface area (Å²) in [5.74, 6) is -1.45. The van der Waals surface area contributed by atoms with Crippen LogP contribution in [0, 0.1) is 0 Å². The van der Waals surface area contributed by atoms with E-state index >= 15 is 0 Å². The summed E-state index contributed by atoms with van der Waals surface area (Å²) in [4.78, 5) is 25.9. The highest BCUT2D eigenvalue weighted by Crippen LogP contribution is 2.28. The highest BCUT2D eigenvalue weighted by molar-refractivity contribution is 5.81. The molecule has 0 aliphatic carbocycles. The van der Waals surface area contributed by atoms with Gasteiger partial charge in [0.15, 0.2) is 6.04 Å². The molecule has 1 unspecified atom stereocenters. The zero-order chi connectivity index (χ0) is 17.1. The van der Waals surface area contributed by atoms with Crippen LogP contribution in [0.4, 0.5) is 18.0 Å². The highest BCUT2D eigenvalue weighted by atomic mass is 19.4. The van der Waals surface area contributed by atoms with Crippen LogP contribution in [0.2, 0.25) is 0 Å². The first-order valence-corrected chi connectivity index (χ1v) is 6.15. The lowest BCUT2D eigenvalue weighted by atomic mass is 10.1. The standard InChI is InChI=1S/C13H15F3N2O4/c1-12(2,3)22-11(21)18-9(10(19)20)7-4-5-8(17-6-7)13(14,15)16/h4-6,9H,1-3H3,(H,18,21)(H,19,20). The van der Waals surface area contributed by atoms with Gasteiger partial charge in [-0.2, -0.15) is 13.2 Å². The van der Waals surface area contributed by atoms with Gasteiger partial charge in [-0.15, -0.1) is 0 Å². The SMILES string of the molecule is CC(C)(C)OC(=O)NC(C(=O)O)c1ccc(C(F)(F)F)nc1. The number of hydrogen-bond acceptors (Lipinski definition) is 4. The summed E-state index contributed by atoms with van der Waals surface area (Å²) in [6.45, 7) is 4.76. The fourth-order valence-corrected chi connectivity index (χ4v) is 1.46. The second kappa shape index (κ2) is 6.20. The number of rotatable bonds is 3. The van der Waals surface area contributed by atoms with Gasteiger partial charge in [0.1, 0.15) is 11.3 Å². The fourth-order valence-electron chi connectivity index (χ4n) is 1.46. The van der Waals surface area contributed by atoms with Crippen molar-refractivity contribution in [2.75, 3.05) is 0 Å². The minimum absolute atomic E-state index is 0.105. The van der Waals surface area contributed by atoms with Gasteiger partial charge in [-0.25, -0.2) is 9.59 Å². The Hall–Kier alpha value is -2.32. The average Bonchev–Trinajstić information content (AvgIpc) is 2.32. The number of amides is 1. The molecule has 0 aliphatic rings. The van der Waals surface area contributed by atoms with E-state index in [1.165, 1.54) is 0 Å². The number of aromatic nitrogens is 1. The van der Waals surface area contributed by atoms with E-state index in [-0.39, 0.29) is 5.56 Å². The van der Waals surface area contributed by atoms with Crippen molar-refractivity contribution in [3.05, 3.63) is 29.6 Å². The molecular formula is C13H15F3N2O4. The van der Waals surface area contributed by atoms with Gasteiger partial charge < -0.3 is 15.2 Å². The van der Waals surface area contributed by atoms with Gasteiger partial charge in [-0.1, -0.05) is 6.07 Å². The first-order chi connectivity index (χ1) is 9.90. The van der Waals surface area contributed by atoms with Crippen LogP contribution in [0.1, 0.15) is 38.1 Å². The number of alkyl halides is 3. The normalized spacial score (nSPS) is 13.4. The van der Waals surface area contributed by atoms with Crippen LogP contribution in [-0.2, 0) is 15.7 Å². The van der Waals surface area contributed by atoms with Crippen LogP contribution < -0.4 is 5.32 Å². The molecule has 22 heavy (non-hydrogen) atoms. The second-order valence-corrected chi connectivity index (χ2v) is 5.39. The van der Waals surface area contributed by atoms with Gasteiger partial charge in [-0.05, 0) is 26.8 Å².